The molecule has 2 heterocycles. The molecule has 0 spiro atoms. The van der Waals surface area contributed by atoms with Crippen LogP contribution in [0.25, 0.3) is 0 Å². The number of nitrogens with zero attached hydrogens (tertiary/aromatic N) is 3. The van der Waals surface area contributed by atoms with Crippen LogP contribution in [0.15, 0.2) is 53.5 Å². The van der Waals surface area contributed by atoms with E-state index in [2.05, 4.69) is 11.4 Å². The summed E-state index contributed by atoms with van der Waals surface area (Å²) in [5, 5.41) is 12.2. The van der Waals surface area contributed by atoms with Gasteiger partial charge in [0.1, 0.15) is 18.4 Å². The summed E-state index contributed by atoms with van der Waals surface area (Å²) in [5.74, 6) is -0.476. The zero-order valence-corrected chi connectivity index (χ0v) is 16.8. The smallest absolute Gasteiger partial charge is 0.326 e. The van der Waals surface area contributed by atoms with Crippen molar-refractivity contribution >= 4 is 11.7 Å². The SMILES string of the molecule is Cc1c(C#N)c(NC(=O)Cn2cc(C(F)(F)F)ccc2=O)n(Cc2ccccc2)c1C. The minimum atomic E-state index is -4.64. The lowest BCUT2D eigenvalue weighted by Crippen LogP contribution is -2.29. The molecule has 0 fully saturated rings. The number of benzene rings is 1. The molecule has 160 valence electrons. The van der Waals surface area contributed by atoms with Crippen LogP contribution in [-0.2, 0) is 24.1 Å². The van der Waals surface area contributed by atoms with Gasteiger partial charge in [0.15, 0.2) is 0 Å². The Morgan fingerprint density at radius 2 is 1.81 bits per heavy atom. The van der Waals surface area contributed by atoms with Gasteiger partial charge >= 0.3 is 6.18 Å². The van der Waals surface area contributed by atoms with Crippen LogP contribution in [0.4, 0.5) is 19.0 Å². The van der Waals surface area contributed by atoms with Crippen LogP contribution in [0.2, 0.25) is 0 Å². The molecule has 6 nitrogen and oxygen atoms in total. The minimum absolute atomic E-state index is 0.242. The first-order valence-corrected chi connectivity index (χ1v) is 9.33. The fourth-order valence-corrected chi connectivity index (χ4v) is 3.24. The first-order chi connectivity index (χ1) is 14.6. The maximum absolute atomic E-state index is 12.9. The van der Waals surface area contributed by atoms with Gasteiger partial charge in [-0.3, -0.25) is 9.59 Å². The van der Waals surface area contributed by atoms with Gasteiger partial charge in [-0.25, -0.2) is 0 Å². The van der Waals surface area contributed by atoms with Crippen LogP contribution in [-0.4, -0.2) is 15.0 Å². The van der Waals surface area contributed by atoms with E-state index in [1.54, 1.807) is 11.5 Å². The highest BCUT2D eigenvalue weighted by Crippen LogP contribution is 2.29. The maximum atomic E-state index is 12.9. The highest BCUT2D eigenvalue weighted by molar-refractivity contribution is 5.91. The Hall–Kier alpha value is -3.80. The number of carbonyl (C=O) groups is 1. The standard InChI is InChI=1S/C22H19F3N4O2/c1-14-15(2)29(11-16-6-4-3-5-7-16)21(18(14)10-26)27-19(30)13-28-12-17(22(23,24)25)8-9-20(28)31/h3-9,12H,11,13H2,1-2H3,(H,27,30). The van der Waals surface area contributed by atoms with Crippen molar-refractivity contribution in [2.45, 2.75) is 33.1 Å². The monoisotopic (exact) mass is 428 g/mol. The van der Waals surface area contributed by atoms with Crippen molar-refractivity contribution in [2.24, 2.45) is 0 Å². The maximum Gasteiger partial charge on any atom is 0.417 e. The van der Waals surface area contributed by atoms with Crippen LogP contribution in [0, 0.1) is 25.2 Å². The Kier molecular flexibility index (Phi) is 6.02. The number of anilines is 1. The molecular formula is C22H19F3N4O2. The highest BCUT2D eigenvalue weighted by atomic mass is 19.4. The van der Waals surface area contributed by atoms with Crippen LogP contribution >= 0.6 is 0 Å². The Morgan fingerprint density at radius 1 is 1.13 bits per heavy atom. The van der Waals surface area contributed by atoms with Crippen LogP contribution in [0.1, 0.15) is 27.9 Å². The van der Waals surface area contributed by atoms with Gasteiger partial charge in [-0.2, -0.15) is 18.4 Å². The van der Waals surface area contributed by atoms with Crippen molar-refractivity contribution in [3.05, 3.63) is 87.0 Å². The van der Waals surface area contributed by atoms with Crippen molar-refractivity contribution in [2.75, 3.05) is 5.32 Å². The Morgan fingerprint density at radius 3 is 2.42 bits per heavy atom. The van der Waals surface area contributed by atoms with Gasteiger partial charge in [-0.15, -0.1) is 0 Å². The number of alkyl halides is 3. The normalized spacial score (nSPS) is 11.2. The van der Waals surface area contributed by atoms with Crippen molar-refractivity contribution in [1.82, 2.24) is 9.13 Å². The van der Waals surface area contributed by atoms with Gasteiger partial charge in [-0.05, 0) is 31.0 Å². The van der Waals surface area contributed by atoms with E-state index in [0.717, 1.165) is 17.3 Å². The summed E-state index contributed by atoms with van der Waals surface area (Å²) in [7, 11) is 0. The predicted molar refractivity (Wildman–Crippen MR) is 108 cm³/mol. The van der Waals surface area contributed by atoms with Crippen molar-refractivity contribution < 1.29 is 18.0 Å². The molecule has 3 rings (SSSR count). The van der Waals surface area contributed by atoms with E-state index >= 15 is 0 Å². The van der Waals surface area contributed by atoms with E-state index in [9.17, 15) is 28.0 Å². The van der Waals surface area contributed by atoms with Gasteiger partial charge in [0.2, 0.25) is 5.91 Å². The van der Waals surface area contributed by atoms with Gasteiger partial charge in [0.05, 0.1) is 11.1 Å². The Bertz CT molecular complexity index is 1220. The average molecular weight is 428 g/mol. The van der Waals surface area contributed by atoms with Gasteiger partial charge in [-0.1, -0.05) is 30.3 Å². The van der Waals surface area contributed by atoms with Crippen molar-refractivity contribution in [3.63, 3.8) is 0 Å². The summed E-state index contributed by atoms with van der Waals surface area (Å²) in [6.45, 7) is 3.32. The second-order valence-corrected chi connectivity index (χ2v) is 7.05. The lowest BCUT2D eigenvalue weighted by atomic mass is 10.2. The molecule has 0 bridgehead atoms. The first-order valence-electron chi connectivity index (χ1n) is 9.33. The average Bonchev–Trinajstić information content (AvgIpc) is 2.93. The third-order valence-corrected chi connectivity index (χ3v) is 5.01. The molecule has 0 aliphatic rings. The van der Waals surface area contributed by atoms with E-state index in [4.69, 9.17) is 0 Å². The summed E-state index contributed by atoms with van der Waals surface area (Å²) in [6, 6.07) is 12.9. The van der Waals surface area contributed by atoms with Crippen LogP contribution < -0.4 is 10.9 Å². The zero-order chi connectivity index (χ0) is 22.8. The van der Waals surface area contributed by atoms with E-state index < -0.39 is 29.8 Å². The molecule has 0 aliphatic carbocycles. The number of amides is 1. The number of nitriles is 1. The predicted octanol–water partition coefficient (Wildman–Crippen LogP) is 3.84. The van der Waals surface area contributed by atoms with Gasteiger partial charge in [0, 0.05) is 24.5 Å². The third kappa shape index (κ3) is 4.69. The van der Waals surface area contributed by atoms with Crippen molar-refractivity contribution in [1.29, 1.82) is 5.26 Å². The topological polar surface area (TPSA) is 79.8 Å². The molecule has 0 atom stereocenters. The van der Waals surface area contributed by atoms with Crippen molar-refractivity contribution in [3.8, 4) is 6.07 Å². The third-order valence-electron chi connectivity index (χ3n) is 5.01. The zero-order valence-electron chi connectivity index (χ0n) is 16.8. The molecule has 0 saturated heterocycles. The summed E-state index contributed by atoms with van der Waals surface area (Å²) in [4.78, 5) is 24.5. The number of hydrogen-bond donors (Lipinski definition) is 1. The summed E-state index contributed by atoms with van der Waals surface area (Å²) < 4.78 is 41.3. The molecule has 9 heteroatoms. The highest BCUT2D eigenvalue weighted by Gasteiger charge is 2.31. The number of aromatic nitrogens is 2. The molecular weight excluding hydrogens is 409 g/mol. The largest absolute Gasteiger partial charge is 0.417 e. The number of halogens is 3. The second-order valence-electron chi connectivity index (χ2n) is 7.05. The quantitative estimate of drug-likeness (QED) is 0.671. The summed E-state index contributed by atoms with van der Waals surface area (Å²) in [5.41, 5.74) is 0.886. The van der Waals surface area contributed by atoms with Crippen LogP contribution in [0.5, 0.6) is 0 Å². The van der Waals surface area contributed by atoms with Crippen LogP contribution in [0.3, 0.4) is 0 Å². The fraction of sp³-hybridized carbons (Fsp3) is 0.227. The molecule has 31 heavy (non-hydrogen) atoms. The number of hydrogen-bond acceptors (Lipinski definition) is 3. The number of pyridine rings is 1. The van der Waals surface area contributed by atoms with E-state index in [1.807, 2.05) is 37.3 Å². The molecule has 0 unspecified atom stereocenters. The van der Waals surface area contributed by atoms with E-state index in [-0.39, 0.29) is 11.4 Å². The number of carbonyl (C=O) groups excluding carboxylic acids is 1. The summed E-state index contributed by atoms with van der Waals surface area (Å²) in [6.07, 6.45) is -4.04. The molecule has 0 saturated carbocycles. The molecule has 0 radical (unpaired) electrons. The van der Waals surface area contributed by atoms with Gasteiger partial charge < -0.3 is 14.5 Å². The van der Waals surface area contributed by atoms with E-state index in [0.29, 0.717) is 28.9 Å². The minimum Gasteiger partial charge on any atom is -0.326 e. The lowest BCUT2D eigenvalue weighted by molar-refractivity contribution is -0.138. The number of rotatable bonds is 5. The first kappa shape index (κ1) is 21.9. The molecule has 1 amide bonds. The number of nitrogens with one attached hydrogen (secondary N) is 1. The molecule has 1 N–H and O–H groups in total. The molecule has 0 aliphatic heterocycles. The molecule has 1 aromatic carbocycles. The lowest BCUT2D eigenvalue weighted by Gasteiger charge is -2.14. The van der Waals surface area contributed by atoms with Gasteiger partial charge in [0.25, 0.3) is 5.56 Å². The molecule has 2 aromatic heterocycles. The molecule has 3 aromatic rings. The second kappa shape index (κ2) is 8.52. The fourth-order valence-electron chi connectivity index (χ4n) is 3.24. The summed E-state index contributed by atoms with van der Waals surface area (Å²) >= 11 is 0. The Labute approximate surface area is 176 Å². The van der Waals surface area contributed by atoms with E-state index in [1.165, 1.54) is 0 Å². The Balaban J connectivity index is 1.92.